The Morgan fingerprint density at radius 1 is 1.32 bits per heavy atom. The number of carboxylic acids is 1. The second-order valence-corrected chi connectivity index (χ2v) is 7.51. The van der Waals surface area contributed by atoms with E-state index in [9.17, 15) is 14.7 Å². The molecule has 2 fully saturated rings. The molecule has 2 aliphatic rings. The van der Waals surface area contributed by atoms with Gasteiger partial charge in [-0.3, -0.25) is 19.5 Å². The fraction of sp³-hybridized carbons (Fsp3) is 0.632. The molecule has 1 aromatic rings. The van der Waals surface area contributed by atoms with Gasteiger partial charge in [-0.2, -0.15) is 0 Å². The number of pyridine rings is 1. The lowest BCUT2D eigenvalue weighted by Crippen LogP contribution is -2.44. The maximum atomic E-state index is 12.6. The van der Waals surface area contributed by atoms with Crippen LogP contribution in [0.5, 0.6) is 0 Å². The van der Waals surface area contributed by atoms with Gasteiger partial charge in [-0.15, -0.1) is 0 Å². The van der Waals surface area contributed by atoms with Crippen LogP contribution in [-0.2, 0) is 4.79 Å². The van der Waals surface area contributed by atoms with Gasteiger partial charge in [0.15, 0.2) is 0 Å². The summed E-state index contributed by atoms with van der Waals surface area (Å²) in [5.41, 5.74) is 1.57. The Balaban J connectivity index is 1.64. The summed E-state index contributed by atoms with van der Waals surface area (Å²) in [6.45, 7) is 7.04. The highest BCUT2D eigenvalue weighted by Crippen LogP contribution is 2.43. The summed E-state index contributed by atoms with van der Waals surface area (Å²) in [7, 11) is 0. The largest absolute Gasteiger partial charge is 0.480 e. The van der Waals surface area contributed by atoms with Gasteiger partial charge in [0.1, 0.15) is 6.04 Å². The zero-order valence-corrected chi connectivity index (χ0v) is 15.1. The third-order valence-corrected chi connectivity index (χ3v) is 5.67. The summed E-state index contributed by atoms with van der Waals surface area (Å²) in [5, 5.41) is 9.52. The second-order valence-electron chi connectivity index (χ2n) is 7.51. The molecule has 3 rings (SSSR count). The minimum absolute atomic E-state index is 0.0283. The summed E-state index contributed by atoms with van der Waals surface area (Å²) < 4.78 is 0. The van der Waals surface area contributed by atoms with Crippen molar-refractivity contribution in [3.8, 4) is 0 Å². The Labute approximate surface area is 148 Å². The number of carbonyl (C=O) groups excluding carboxylic acids is 1. The molecule has 0 aliphatic carbocycles. The average Bonchev–Trinajstić information content (AvgIpc) is 2.94. The van der Waals surface area contributed by atoms with E-state index in [0.717, 1.165) is 38.0 Å². The number of nitrogens with zero attached hydrogens (tertiary/aromatic N) is 3. The molecule has 1 N–H and O–H groups in total. The fourth-order valence-electron chi connectivity index (χ4n) is 4.23. The van der Waals surface area contributed by atoms with Crippen LogP contribution < -0.4 is 0 Å². The van der Waals surface area contributed by atoms with Crippen molar-refractivity contribution in [2.75, 3.05) is 26.2 Å². The second kappa shape index (κ2) is 7.12. The van der Waals surface area contributed by atoms with E-state index in [2.05, 4.69) is 16.8 Å². The van der Waals surface area contributed by atoms with Crippen LogP contribution in [0.3, 0.4) is 0 Å². The molecule has 0 aromatic carbocycles. The van der Waals surface area contributed by atoms with E-state index >= 15 is 0 Å². The first-order chi connectivity index (χ1) is 11.9. The van der Waals surface area contributed by atoms with Gasteiger partial charge < -0.3 is 10.0 Å². The number of piperidine rings is 1. The molecule has 6 nitrogen and oxygen atoms in total. The molecule has 1 spiro atoms. The fourth-order valence-corrected chi connectivity index (χ4v) is 4.23. The summed E-state index contributed by atoms with van der Waals surface area (Å²) in [5.74, 6) is -0.685. The normalized spacial score (nSPS) is 23.1. The third kappa shape index (κ3) is 3.68. The number of amides is 1. The van der Waals surface area contributed by atoms with Gasteiger partial charge in [-0.1, -0.05) is 6.92 Å². The van der Waals surface area contributed by atoms with Crippen LogP contribution in [0.25, 0.3) is 0 Å². The average molecular weight is 345 g/mol. The van der Waals surface area contributed by atoms with Gasteiger partial charge in [-0.05, 0) is 56.7 Å². The van der Waals surface area contributed by atoms with Crippen LogP contribution in [0.2, 0.25) is 0 Å². The number of hydrogen-bond acceptors (Lipinski definition) is 4. The number of likely N-dealkylation sites (tertiary alicyclic amines) is 2. The van der Waals surface area contributed by atoms with Crippen LogP contribution >= 0.6 is 0 Å². The molecule has 136 valence electrons. The van der Waals surface area contributed by atoms with Crippen molar-refractivity contribution in [3.63, 3.8) is 0 Å². The van der Waals surface area contributed by atoms with Gasteiger partial charge in [0, 0.05) is 31.5 Å². The number of hydrogen-bond donors (Lipinski definition) is 1. The molecule has 25 heavy (non-hydrogen) atoms. The van der Waals surface area contributed by atoms with E-state index in [0.29, 0.717) is 25.1 Å². The first-order valence-corrected chi connectivity index (χ1v) is 9.13. The Hall–Kier alpha value is -1.95. The van der Waals surface area contributed by atoms with Crippen LogP contribution in [0.1, 0.15) is 48.7 Å². The van der Waals surface area contributed by atoms with Crippen molar-refractivity contribution in [1.29, 1.82) is 0 Å². The highest BCUT2D eigenvalue weighted by Gasteiger charge is 2.48. The highest BCUT2D eigenvalue weighted by molar-refractivity contribution is 5.94. The van der Waals surface area contributed by atoms with Crippen LogP contribution in [-0.4, -0.2) is 64.0 Å². The molecule has 6 heteroatoms. The maximum absolute atomic E-state index is 12.6. The molecule has 0 unspecified atom stereocenters. The number of rotatable bonds is 4. The minimum Gasteiger partial charge on any atom is -0.480 e. The van der Waals surface area contributed by atoms with E-state index < -0.39 is 5.97 Å². The van der Waals surface area contributed by atoms with Crippen LogP contribution in [0, 0.1) is 12.3 Å². The van der Waals surface area contributed by atoms with Gasteiger partial charge in [-0.25, -0.2) is 0 Å². The Kier molecular flexibility index (Phi) is 5.08. The topological polar surface area (TPSA) is 73.7 Å². The summed E-state index contributed by atoms with van der Waals surface area (Å²) in [6.07, 6.45) is 5.06. The molecule has 1 amide bonds. The maximum Gasteiger partial charge on any atom is 0.320 e. The van der Waals surface area contributed by atoms with E-state index in [4.69, 9.17) is 0 Å². The third-order valence-electron chi connectivity index (χ3n) is 5.67. The van der Waals surface area contributed by atoms with Gasteiger partial charge in [0.2, 0.25) is 0 Å². The lowest BCUT2D eigenvalue weighted by Gasteiger charge is -2.39. The van der Waals surface area contributed by atoms with Crippen LogP contribution in [0.4, 0.5) is 0 Å². The standard InChI is InChI=1S/C19H27N3O3/c1-3-8-22-13-19(11-16(22)18(24)25)6-9-21(10-7-19)17(23)15-5-4-14(2)20-12-15/h4-5,12,16H,3,6-11,13H2,1-2H3,(H,24,25)/t16-/m1/s1. The molecule has 3 heterocycles. The summed E-state index contributed by atoms with van der Waals surface area (Å²) in [6, 6.07) is 3.31. The zero-order valence-electron chi connectivity index (χ0n) is 15.1. The van der Waals surface area contributed by atoms with Crippen molar-refractivity contribution in [2.45, 2.75) is 45.6 Å². The predicted octanol–water partition coefficient (Wildman–Crippen LogP) is 2.18. The lowest BCUT2D eigenvalue weighted by atomic mass is 9.76. The number of aromatic nitrogens is 1. The molecule has 2 saturated heterocycles. The Morgan fingerprint density at radius 3 is 2.60 bits per heavy atom. The SMILES string of the molecule is CCCN1CC2(CCN(C(=O)c3ccc(C)nc3)CC2)C[C@@H]1C(=O)O. The predicted molar refractivity (Wildman–Crippen MR) is 94.4 cm³/mol. The minimum atomic E-state index is -0.713. The van der Waals surface area contributed by atoms with Crippen molar-refractivity contribution in [1.82, 2.24) is 14.8 Å². The molecular weight excluding hydrogens is 318 g/mol. The van der Waals surface area contributed by atoms with Crippen LogP contribution in [0.15, 0.2) is 18.3 Å². The number of aryl methyl sites for hydroxylation is 1. The van der Waals surface area contributed by atoms with Crippen molar-refractivity contribution in [2.24, 2.45) is 5.41 Å². The van der Waals surface area contributed by atoms with Gasteiger partial charge in [0.25, 0.3) is 5.91 Å². The first kappa shape index (κ1) is 17.9. The number of carbonyl (C=O) groups is 2. The quantitative estimate of drug-likeness (QED) is 0.905. The molecule has 0 radical (unpaired) electrons. The number of aliphatic carboxylic acids is 1. The van der Waals surface area contributed by atoms with Crippen molar-refractivity contribution in [3.05, 3.63) is 29.6 Å². The molecule has 1 aromatic heterocycles. The van der Waals surface area contributed by atoms with E-state index in [1.807, 2.05) is 24.0 Å². The van der Waals surface area contributed by atoms with Gasteiger partial charge >= 0.3 is 5.97 Å². The highest BCUT2D eigenvalue weighted by atomic mass is 16.4. The van der Waals surface area contributed by atoms with Crippen molar-refractivity contribution < 1.29 is 14.7 Å². The van der Waals surface area contributed by atoms with Gasteiger partial charge in [0.05, 0.1) is 5.56 Å². The molecular formula is C19H27N3O3. The summed E-state index contributed by atoms with van der Waals surface area (Å²) in [4.78, 5) is 32.4. The Bertz CT molecular complexity index is 636. The van der Waals surface area contributed by atoms with E-state index in [1.165, 1.54) is 0 Å². The monoisotopic (exact) mass is 345 g/mol. The molecule has 0 bridgehead atoms. The molecule has 1 atom stereocenters. The van der Waals surface area contributed by atoms with E-state index in [-0.39, 0.29) is 17.4 Å². The molecule has 2 aliphatic heterocycles. The smallest absolute Gasteiger partial charge is 0.320 e. The lowest BCUT2D eigenvalue weighted by molar-refractivity contribution is -0.142. The zero-order chi connectivity index (χ0) is 18.0. The first-order valence-electron chi connectivity index (χ1n) is 9.13. The number of carboxylic acid groups (broad SMARTS) is 1. The Morgan fingerprint density at radius 2 is 2.04 bits per heavy atom. The molecule has 0 saturated carbocycles. The van der Waals surface area contributed by atoms with Crippen molar-refractivity contribution >= 4 is 11.9 Å². The van der Waals surface area contributed by atoms with E-state index in [1.54, 1.807) is 6.20 Å². The summed E-state index contributed by atoms with van der Waals surface area (Å²) >= 11 is 0.